The summed E-state index contributed by atoms with van der Waals surface area (Å²) in [5.74, 6) is -0.0455. The number of nitro benzene ring substituents is 1. The van der Waals surface area contributed by atoms with Gasteiger partial charge in [0.25, 0.3) is 5.69 Å². The monoisotopic (exact) mass is 606 g/mol. The average molecular weight is 609 g/mol. The second kappa shape index (κ2) is 10.7. The number of nitrogens with zero attached hydrogens (tertiary/aromatic N) is 3. The molecular formula is C20H21Br2ClN4O4S. The molecule has 0 radical (unpaired) electrons. The second-order valence-corrected chi connectivity index (χ2v) is 11.3. The molecule has 1 atom stereocenters. The van der Waals surface area contributed by atoms with Gasteiger partial charge < -0.3 is 5.32 Å². The number of carbonyl (C=O) groups excluding carboxylic acids is 2. The van der Waals surface area contributed by atoms with Crippen molar-refractivity contribution < 1.29 is 14.5 Å². The van der Waals surface area contributed by atoms with Crippen molar-refractivity contribution in [1.82, 2.24) is 15.1 Å². The van der Waals surface area contributed by atoms with E-state index in [2.05, 4.69) is 47.0 Å². The highest BCUT2D eigenvalue weighted by Gasteiger charge is 2.36. The number of amides is 1. The predicted octanol–water partition coefficient (Wildman–Crippen LogP) is 4.16. The number of benzene rings is 1. The van der Waals surface area contributed by atoms with Crippen molar-refractivity contribution in [3.63, 3.8) is 0 Å². The third kappa shape index (κ3) is 5.57. The Bertz CT molecular complexity index is 1040. The van der Waals surface area contributed by atoms with E-state index in [0.717, 1.165) is 44.9 Å². The number of halogens is 3. The number of Topliss-reactive ketones (excluding diaryl/α,β-unsaturated/α-hetero) is 1. The van der Waals surface area contributed by atoms with Gasteiger partial charge in [-0.05, 0) is 37.4 Å². The summed E-state index contributed by atoms with van der Waals surface area (Å²) in [4.78, 5) is 39.8. The topological polar surface area (TPSA) is 95.8 Å². The van der Waals surface area contributed by atoms with Crippen LogP contribution in [0.4, 0.5) is 5.69 Å². The van der Waals surface area contributed by atoms with Crippen LogP contribution in [0.15, 0.2) is 31.8 Å². The van der Waals surface area contributed by atoms with Crippen molar-refractivity contribution in [2.75, 3.05) is 32.7 Å². The van der Waals surface area contributed by atoms with Crippen LogP contribution in [0, 0.1) is 10.1 Å². The Kier molecular flexibility index (Phi) is 8.45. The van der Waals surface area contributed by atoms with Gasteiger partial charge in [-0.2, -0.15) is 0 Å². The minimum Gasteiger partial charge on any atom is -0.348 e. The molecule has 32 heavy (non-hydrogen) atoms. The number of nitro groups is 1. The highest BCUT2D eigenvalue weighted by atomic mass is 79.9. The molecule has 1 aliphatic heterocycles. The number of hydrogen-bond donors (Lipinski definition) is 1. The van der Waals surface area contributed by atoms with Gasteiger partial charge in [0.1, 0.15) is 0 Å². The van der Waals surface area contributed by atoms with Crippen molar-refractivity contribution in [2.24, 2.45) is 0 Å². The van der Waals surface area contributed by atoms with Gasteiger partial charge in [0, 0.05) is 62.4 Å². The Morgan fingerprint density at radius 2 is 1.88 bits per heavy atom. The summed E-state index contributed by atoms with van der Waals surface area (Å²) in [6, 6.07) is 6.41. The molecule has 12 heteroatoms. The zero-order chi connectivity index (χ0) is 22.1. The zero-order valence-corrected chi connectivity index (χ0v) is 21.7. The first-order chi connectivity index (χ1) is 14.8. The van der Waals surface area contributed by atoms with Crippen LogP contribution in [0.3, 0.4) is 0 Å². The van der Waals surface area contributed by atoms with Crippen LogP contribution in [0.1, 0.15) is 33.9 Å². The van der Waals surface area contributed by atoms with E-state index in [1.165, 1.54) is 17.4 Å². The summed E-state index contributed by atoms with van der Waals surface area (Å²) in [7, 11) is 0. The quantitative estimate of drug-likeness (QED) is 0.391. The summed E-state index contributed by atoms with van der Waals surface area (Å²) in [6.07, 6.45) is 0.290. The number of nitrogens with one attached hydrogen (secondary N) is 1. The third-order valence-corrected chi connectivity index (χ3v) is 8.15. The Hall–Kier alpha value is -1.37. The highest BCUT2D eigenvalue weighted by molar-refractivity contribution is 9.12. The van der Waals surface area contributed by atoms with E-state index in [1.807, 2.05) is 6.07 Å². The molecule has 2 aliphatic rings. The first kappa shape index (κ1) is 25.3. The SMILES string of the molecule is Cl.O=C(CN1CCN(Cc2cccc([N+](=O)[O-])c2)CC1)NC1CC(=O)c2c(Br)sc(Br)c21. The Labute approximate surface area is 212 Å². The summed E-state index contributed by atoms with van der Waals surface area (Å²) in [5, 5.41) is 14.0. The van der Waals surface area contributed by atoms with E-state index in [4.69, 9.17) is 0 Å². The molecular weight excluding hydrogens is 588 g/mol. The Balaban J connectivity index is 0.00000289. The maximum atomic E-state index is 12.6. The first-order valence-corrected chi connectivity index (χ1v) is 12.2. The number of carbonyl (C=O) groups is 2. The van der Waals surface area contributed by atoms with Crippen molar-refractivity contribution in [1.29, 1.82) is 0 Å². The lowest BCUT2D eigenvalue weighted by atomic mass is 10.1. The normalized spacial score (nSPS) is 18.8. The summed E-state index contributed by atoms with van der Waals surface area (Å²) in [6.45, 7) is 3.98. The fourth-order valence-corrected chi connectivity index (χ4v) is 7.42. The smallest absolute Gasteiger partial charge is 0.269 e. The fourth-order valence-electron chi connectivity index (χ4n) is 4.05. The van der Waals surface area contributed by atoms with E-state index in [9.17, 15) is 19.7 Å². The summed E-state index contributed by atoms with van der Waals surface area (Å²) >= 11 is 8.39. The molecule has 1 unspecified atom stereocenters. The number of ketones is 1. The summed E-state index contributed by atoms with van der Waals surface area (Å²) in [5.41, 5.74) is 2.56. The molecule has 1 aromatic heterocycles. The molecule has 0 spiro atoms. The lowest BCUT2D eigenvalue weighted by Crippen LogP contribution is -2.49. The fraction of sp³-hybridized carbons (Fsp3) is 0.400. The number of piperazine rings is 1. The third-order valence-electron chi connectivity index (χ3n) is 5.57. The number of hydrogen-bond acceptors (Lipinski definition) is 7. The van der Waals surface area contributed by atoms with E-state index >= 15 is 0 Å². The van der Waals surface area contributed by atoms with Crippen LogP contribution in [-0.2, 0) is 11.3 Å². The standard InChI is InChI=1S/C20H20Br2N4O4S.ClH/c21-19-17-14(9-15(27)18(17)20(22)31-19)23-16(28)11-25-6-4-24(5-7-25)10-12-2-1-3-13(8-12)26(29)30;/h1-3,8,14H,4-7,9-11H2,(H,23,28);1H. The molecule has 1 fully saturated rings. The number of thiophene rings is 1. The van der Waals surface area contributed by atoms with E-state index < -0.39 is 0 Å². The van der Waals surface area contributed by atoms with Crippen LogP contribution < -0.4 is 5.32 Å². The van der Waals surface area contributed by atoms with Gasteiger partial charge in [0.2, 0.25) is 5.91 Å². The van der Waals surface area contributed by atoms with Crippen LogP contribution in [0.5, 0.6) is 0 Å². The first-order valence-electron chi connectivity index (χ1n) is 9.80. The molecule has 1 aromatic carbocycles. The maximum Gasteiger partial charge on any atom is 0.269 e. The molecule has 1 aliphatic carbocycles. The van der Waals surface area contributed by atoms with Gasteiger partial charge in [0.05, 0.1) is 25.1 Å². The Morgan fingerprint density at radius 1 is 1.19 bits per heavy atom. The van der Waals surface area contributed by atoms with Crippen molar-refractivity contribution in [3.8, 4) is 0 Å². The van der Waals surface area contributed by atoms with Crippen LogP contribution in [-0.4, -0.2) is 59.1 Å². The van der Waals surface area contributed by atoms with Crippen LogP contribution in [0.2, 0.25) is 0 Å². The molecule has 0 saturated carbocycles. The van der Waals surface area contributed by atoms with Crippen LogP contribution in [0.25, 0.3) is 0 Å². The van der Waals surface area contributed by atoms with Gasteiger partial charge in [-0.1, -0.05) is 12.1 Å². The Morgan fingerprint density at radius 3 is 2.56 bits per heavy atom. The van der Waals surface area contributed by atoms with Gasteiger partial charge in [-0.3, -0.25) is 29.5 Å². The molecule has 2 aromatic rings. The van der Waals surface area contributed by atoms with Crippen molar-refractivity contribution >= 4 is 73.0 Å². The molecule has 1 N–H and O–H groups in total. The minimum atomic E-state index is -0.381. The number of rotatable bonds is 6. The van der Waals surface area contributed by atoms with E-state index in [0.29, 0.717) is 12.1 Å². The molecule has 2 heterocycles. The van der Waals surface area contributed by atoms with Crippen molar-refractivity contribution in [3.05, 3.63) is 58.6 Å². The van der Waals surface area contributed by atoms with Gasteiger partial charge >= 0.3 is 0 Å². The number of non-ortho nitro benzene ring substituents is 1. The minimum absolute atomic E-state index is 0. The van der Waals surface area contributed by atoms with Gasteiger partial charge in [-0.15, -0.1) is 23.7 Å². The lowest BCUT2D eigenvalue weighted by molar-refractivity contribution is -0.384. The maximum absolute atomic E-state index is 12.6. The second-order valence-electron chi connectivity index (χ2n) is 7.66. The molecule has 0 bridgehead atoms. The summed E-state index contributed by atoms with van der Waals surface area (Å²) < 4.78 is 1.68. The highest BCUT2D eigenvalue weighted by Crippen LogP contribution is 2.46. The van der Waals surface area contributed by atoms with Gasteiger partial charge in [0.15, 0.2) is 5.78 Å². The van der Waals surface area contributed by atoms with E-state index in [1.54, 1.807) is 12.1 Å². The molecule has 1 amide bonds. The molecule has 4 rings (SSSR count). The molecule has 172 valence electrons. The predicted molar refractivity (Wildman–Crippen MR) is 132 cm³/mol. The van der Waals surface area contributed by atoms with Crippen LogP contribution >= 0.6 is 55.6 Å². The zero-order valence-electron chi connectivity index (χ0n) is 16.9. The average Bonchev–Trinajstić information content (AvgIpc) is 3.21. The molecule has 1 saturated heterocycles. The molecule has 8 nitrogen and oxygen atoms in total. The lowest BCUT2D eigenvalue weighted by Gasteiger charge is -2.34. The largest absolute Gasteiger partial charge is 0.348 e. The van der Waals surface area contributed by atoms with Gasteiger partial charge in [-0.25, -0.2) is 0 Å². The van der Waals surface area contributed by atoms with Crippen molar-refractivity contribution in [2.45, 2.75) is 19.0 Å². The number of fused-ring (bicyclic) bond motifs is 1. The van der Waals surface area contributed by atoms with E-state index in [-0.39, 0.29) is 53.7 Å².